The Morgan fingerprint density at radius 2 is 0.718 bits per heavy atom. The van der Waals surface area contributed by atoms with E-state index in [0.29, 0.717) is 38.5 Å². The second-order valence-corrected chi connectivity index (χ2v) is 18.0. The summed E-state index contributed by atoms with van der Waals surface area (Å²) in [4.78, 5) is 0. The minimum atomic E-state index is -9.12. The summed E-state index contributed by atoms with van der Waals surface area (Å²) in [5.41, 5.74) is 0. The number of rotatable bonds is 20. The van der Waals surface area contributed by atoms with Crippen molar-refractivity contribution in [1.29, 1.82) is 0 Å². The predicted molar refractivity (Wildman–Crippen MR) is 116 cm³/mol. The zero-order chi connectivity index (χ0) is 30.8. The molecule has 0 fully saturated rings. The molecule has 2 nitrogen and oxygen atoms in total. The van der Waals surface area contributed by atoms with Crippen LogP contribution in [0.3, 0.4) is 0 Å². The van der Waals surface area contributed by atoms with E-state index in [1.165, 1.54) is 0 Å². The van der Waals surface area contributed by atoms with Gasteiger partial charge in [-0.25, -0.2) is 0 Å². The van der Waals surface area contributed by atoms with Crippen LogP contribution in [0.1, 0.15) is 90.9 Å². The molecule has 0 radical (unpaired) electrons. The van der Waals surface area contributed by atoms with Gasteiger partial charge in [0.05, 0.1) is 0 Å². The molecule has 0 aliphatic carbocycles. The summed E-state index contributed by atoms with van der Waals surface area (Å²) in [6.07, 6.45) is -17.4. The zero-order valence-corrected chi connectivity index (χ0v) is 24.4. The van der Waals surface area contributed by atoms with Gasteiger partial charge in [0.25, 0.3) is 0 Å². The van der Waals surface area contributed by atoms with Crippen LogP contribution in [0.15, 0.2) is 0 Å². The maximum absolute atomic E-state index is 15.3. The summed E-state index contributed by atoms with van der Waals surface area (Å²) in [6, 6.07) is 0. The molecule has 39 heavy (non-hydrogen) atoms. The molecule has 0 aromatic heterocycles. The first kappa shape index (κ1) is 38.7. The van der Waals surface area contributed by atoms with E-state index in [0.717, 1.165) is 0 Å². The summed E-state index contributed by atoms with van der Waals surface area (Å²) < 4.78 is 190. The van der Waals surface area contributed by atoms with E-state index in [9.17, 15) is 43.9 Å². The van der Waals surface area contributed by atoms with E-state index >= 15 is 17.6 Å². The van der Waals surface area contributed by atoms with Crippen LogP contribution in [0, 0.1) is 0 Å². The minimum absolute atomic E-state index is 0.0435. The van der Waals surface area contributed by atoms with E-state index in [2.05, 4.69) is 6.15 Å². The van der Waals surface area contributed by atoms with E-state index in [1.807, 2.05) is 0 Å². The van der Waals surface area contributed by atoms with Crippen LogP contribution in [0.4, 0.5) is 61.5 Å². The molecular weight excluding hydrogens is 681 g/mol. The molecular formula is C22H34F14O2Sn. The van der Waals surface area contributed by atoms with Crippen molar-refractivity contribution < 1.29 is 67.6 Å². The van der Waals surface area contributed by atoms with Gasteiger partial charge >= 0.3 is 223 Å². The monoisotopic (exact) mass is 716 g/mol. The van der Waals surface area contributed by atoms with Crippen molar-refractivity contribution in [3.63, 3.8) is 0 Å². The van der Waals surface area contributed by atoms with Crippen molar-refractivity contribution in [1.82, 2.24) is 0 Å². The molecule has 0 rings (SSSR count). The quantitative estimate of drug-likeness (QED) is 0.0710. The zero-order valence-electron chi connectivity index (χ0n) is 21.5. The average Bonchev–Trinajstić information content (AvgIpc) is 2.73. The Hall–Kier alpha value is -0.261. The molecule has 0 unspecified atom stereocenters. The molecule has 0 aromatic rings. The fourth-order valence-electron chi connectivity index (χ4n) is 3.65. The second-order valence-electron chi connectivity index (χ2n) is 9.28. The van der Waals surface area contributed by atoms with Gasteiger partial charge < -0.3 is 0 Å². The Balaban J connectivity index is 6.80. The number of hydrogen-bond acceptors (Lipinski definition) is 2. The van der Waals surface area contributed by atoms with Gasteiger partial charge in [0.1, 0.15) is 0 Å². The Morgan fingerprint density at radius 3 is 0.974 bits per heavy atom. The van der Waals surface area contributed by atoms with Crippen LogP contribution in [-0.4, -0.2) is 64.5 Å². The number of unbranched alkanes of at least 4 members (excludes halogenated alkanes) is 8. The van der Waals surface area contributed by atoms with Crippen LogP contribution in [0.2, 0.25) is 0 Å². The van der Waals surface area contributed by atoms with Crippen molar-refractivity contribution in [3.05, 3.63) is 0 Å². The molecule has 0 atom stereocenters. The molecule has 0 saturated carbocycles. The van der Waals surface area contributed by atoms with Crippen LogP contribution in [-0.2, 0) is 6.15 Å². The molecule has 17 heteroatoms. The van der Waals surface area contributed by atoms with Crippen molar-refractivity contribution >= 4 is 19.2 Å². The molecule has 0 aromatic carbocycles. The van der Waals surface area contributed by atoms with Crippen LogP contribution >= 0.6 is 0 Å². The number of alkyl halides is 14. The molecule has 0 bridgehead atoms. The summed E-state index contributed by atoms with van der Waals surface area (Å²) in [6.45, 7) is 0.841. The summed E-state index contributed by atoms with van der Waals surface area (Å²) in [5.74, 6) is -12.9. The first-order chi connectivity index (χ1) is 17.5. The van der Waals surface area contributed by atoms with E-state index in [1.54, 1.807) is 13.8 Å². The fraction of sp³-hybridized carbons (Fsp3) is 1.00. The molecule has 0 heterocycles. The molecule has 0 aliphatic heterocycles. The Bertz CT molecular complexity index is 637. The first-order valence-electron chi connectivity index (χ1n) is 12.5. The van der Waals surface area contributed by atoms with Gasteiger partial charge in [-0.1, -0.05) is 0 Å². The standard InChI is InChI=1S/2C7H15O.2C4H2F7.Sn/c2*1-2-3-4-5-6-7-8;2*5-2(6)3(7,8)1-4(9,10)11;/h2*2-7H2,1H3;2*1H2;/q2*-1;;;+2. The Morgan fingerprint density at radius 1 is 0.436 bits per heavy atom. The second kappa shape index (κ2) is 15.3. The van der Waals surface area contributed by atoms with E-state index < -0.39 is 90.2 Å². The van der Waals surface area contributed by atoms with Gasteiger partial charge in [0, 0.05) is 0 Å². The molecule has 0 N–H and O–H groups in total. The third kappa shape index (κ3) is 11.2. The summed E-state index contributed by atoms with van der Waals surface area (Å²) >= 11 is -9.12. The molecule has 236 valence electrons. The first-order valence-corrected chi connectivity index (χ1v) is 17.6. The van der Waals surface area contributed by atoms with E-state index in [-0.39, 0.29) is 12.8 Å². The summed E-state index contributed by atoms with van der Waals surface area (Å²) in [5, 5.41) is 0. The molecule has 0 spiro atoms. The van der Waals surface area contributed by atoms with Crippen LogP contribution in [0.5, 0.6) is 0 Å². The van der Waals surface area contributed by atoms with Gasteiger partial charge in [-0.2, -0.15) is 0 Å². The maximum atomic E-state index is 15.3. The van der Waals surface area contributed by atoms with Gasteiger partial charge in [0.2, 0.25) is 0 Å². The van der Waals surface area contributed by atoms with Crippen molar-refractivity contribution in [2.24, 2.45) is 0 Å². The third-order valence-corrected chi connectivity index (χ3v) is 16.0. The number of hydrogen-bond donors (Lipinski definition) is 0. The SMILES string of the molecule is CCCCCCC[O][Sn]([O]CCCCCCC)([C](F)(F)C(F)(F)CC(F)(F)F)[C](F)(F)C(F)(F)CC(F)(F)F. The topological polar surface area (TPSA) is 18.5 Å². The van der Waals surface area contributed by atoms with Gasteiger partial charge in [0.15, 0.2) is 0 Å². The average molecular weight is 715 g/mol. The van der Waals surface area contributed by atoms with Gasteiger partial charge in [-0.3, -0.25) is 0 Å². The number of halogens is 14. The van der Waals surface area contributed by atoms with Gasteiger partial charge in [-0.15, -0.1) is 0 Å². The molecule has 0 amide bonds. The third-order valence-electron chi connectivity index (χ3n) is 5.70. The van der Waals surface area contributed by atoms with Crippen molar-refractivity contribution in [2.45, 2.75) is 123 Å². The van der Waals surface area contributed by atoms with Crippen molar-refractivity contribution in [2.75, 3.05) is 13.2 Å². The molecule has 0 saturated heterocycles. The fourth-order valence-corrected chi connectivity index (χ4v) is 12.8. The normalized spacial score (nSPS) is 14.8. The van der Waals surface area contributed by atoms with Crippen LogP contribution in [0.25, 0.3) is 0 Å². The predicted octanol–water partition coefficient (Wildman–Crippen LogP) is 9.93. The Labute approximate surface area is 223 Å². The molecule has 0 aliphatic rings. The Kier molecular flexibility index (Phi) is 15.2. The van der Waals surface area contributed by atoms with Crippen LogP contribution < -0.4 is 0 Å². The summed E-state index contributed by atoms with van der Waals surface area (Å²) in [7, 11) is 0. The van der Waals surface area contributed by atoms with Crippen molar-refractivity contribution in [3.8, 4) is 0 Å². The van der Waals surface area contributed by atoms with E-state index in [4.69, 9.17) is 0 Å². The van der Waals surface area contributed by atoms with Gasteiger partial charge in [-0.05, 0) is 0 Å².